The first-order valence-electron chi connectivity index (χ1n) is 5.68. The molecular weight excluding hydrogens is 268 g/mol. The van der Waals surface area contributed by atoms with Crippen molar-refractivity contribution >= 4 is 27.0 Å². The van der Waals surface area contributed by atoms with E-state index in [-0.39, 0.29) is 4.21 Å². The van der Waals surface area contributed by atoms with Crippen LogP contribution in [0.25, 0.3) is 0 Å². The van der Waals surface area contributed by atoms with Gasteiger partial charge in [0.15, 0.2) is 4.21 Å². The highest BCUT2D eigenvalue weighted by atomic mass is 32.2. The average Bonchev–Trinajstić information content (AvgIpc) is 2.99. The van der Waals surface area contributed by atoms with Gasteiger partial charge in [0.1, 0.15) is 0 Å². The first kappa shape index (κ1) is 11.7. The molecule has 0 saturated carbocycles. The Morgan fingerprint density at radius 1 is 1.22 bits per heavy atom. The minimum absolute atomic E-state index is 0.239. The lowest BCUT2D eigenvalue weighted by Gasteiger charge is -2.07. The second kappa shape index (κ2) is 4.37. The van der Waals surface area contributed by atoms with Crippen LogP contribution in [0.15, 0.2) is 34.1 Å². The Labute approximate surface area is 110 Å². The molecule has 0 saturated heterocycles. The third-order valence-electron chi connectivity index (χ3n) is 3.03. The monoisotopic (exact) mass is 280 g/mol. The van der Waals surface area contributed by atoms with E-state index in [1.54, 1.807) is 0 Å². The summed E-state index contributed by atoms with van der Waals surface area (Å²) < 4.78 is 26.9. The summed E-state index contributed by atoms with van der Waals surface area (Å²) in [6, 6.07) is 5.76. The summed E-state index contributed by atoms with van der Waals surface area (Å²) >= 11 is 1.11. The molecule has 0 amide bonds. The van der Waals surface area contributed by atoms with E-state index < -0.39 is 10.0 Å². The molecule has 1 N–H and O–H groups in total. The van der Waals surface area contributed by atoms with Crippen molar-refractivity contribution in [3.05, 3.63) is 41.0 Å². The zero-order valence-corrected chi connectivity index (χ0v) is 11.2. The van der Waals surface area contributed by atoms with E-state index in [9.17, 15) is 8.42 Å². The molecule has 0 unspecified atom stereocenters. The molecule has 1 aromatic carbocycles. The van der Waals surface area contributed by atoms with Crippen molar-refractivity contribution in [2.45, 2.75) is 23.5 Å². The van der Waals surface area contributed by atoms with E-state index >= 15 is 0 Å². The number of fused-ring (bicyclic) bond motifs is 1. The molecule has 1 aliphatic rings. The molecule has 0 fully saturated rings. The Morgan fingerprint density at radius 3 is 2.83 bits per heavy atom. The van der Waals surface area contributed by atoms with Gasteiger partial charge >= 0.3 is 0 Å². The quantitative estimate of drug-likeness (QED) is 0.939. The SMILES string of the molecule is O=S(=O)(Nc1ccc2c(c1)CCC2)c1cncs1. The standard InChI is InChI=1S/C12H12N2O2S2/c15-18(16,12-7-13-8-17-12)14-11-5-4-9-2-1-3-10(9)6-11/h4-8,14H,1-3H2. The molecule has 2 aromatic rings. The van der Waals surface area contributed by atoms with Crippen LogP contribution in [-0.2, 0) is 22.9 Å². The van der Waals surface area contributed by atoms with E-state index in [0.717, 1.165) is 30.6 Å². The summed E-state index contributed by atoms with van der Waals surface area (Å²) in [5, 5.41) is 0. The van der Waals surface area contributed by atoms with Crippen LogP contribution in [0.5, 0.6) is 0 Å². The maximum Gasteiger partial charge on any atom is 0.273 e. The number of nitrogens with zero attached hydrogens (tertiary/aromatic N) is 1. The number of aryl methyl sites for hydroxylation is 2. The third kappa shape index (κ3) is 2.13. The Bertz CT molecular complexity index is 663. The summed E-state index contributed by atoms with van der Waals surface area (Å²) in [5.74, 6) is 0. The van der Waals surface area contributed by atoms with Gasteiger partial charge in [-0.25, -0.2) is 8.42 Å². The predicted octanol–water partition coefficient (Wildman–Crippen LogP) is 2.43. The molecule has 1 heterocycles. The fraction of sp³-hybridized carbons (Fsp3) is 0.250. The van der Waals surface area contributed by atoms with Crippen LogP contribution in [-0.4, -0.2) is 13.4 Å². The minimum Gasteiger partial charge on any atom is -0.279 e. The topological polar surface area (TPSA) is 59.1 Å². The number of hydrogen-bond acceptors (Lipinski definition) is 4. The normalized spacial score (nSPS) is 14.4. The van der Waals surface area contributed by atoms with Crippen LogP contribution in [0.1, 0.15) is 17.5 Å². The van der Waals surface area contributed by atoms with Crippen molar-refractivity contribution in [1.29, 1.82) is 0 Å². The van der Waals surface area contributed by atoms with E-state index in [1.165, 1.54) is 22.8 Å². The second-order valence-electron chi connectivity index (χ2n) is 4.26. The van der Waals surface area contributed by atoms with Gasteiger partial charge in [-0.15, -0.1) is 11.3 Å². The summed E-state index contributed by atoms with van der Waals surface area (Å²) in [6.07, 6.45) is 4.64. The molecular formula is C12H12N2O2S2. The molecule has 1 aromatic heterocycles. The smallest absolute Gasteiger partial charge is 0.273 e. The molecule has 94 valence electrons. The largest absolute Gasteiger partial charge is 0.279 e. The van der Waals surface area contributed by atoms with Crippen molar-refractivity contribution in [2.75, 3.05) is 4.72 Å². The maximum atomic E-state index is 12.0. The molecule has 3 rings (SSSR count). The first-order valence-corrected chi connectivity index (χ1v) is 8.04. The highest BCUT2D eigenvalue weighted by Gasteiger charge is 2.17. The highest BCUT2D eigenvalue weighted by Crippen LogP contribution is 2.26. The Morgan fingerprint density at radius 2 is 2.06 bits per heavy atom. The number of thiazole rings is 1. The van der Waals surface area contributed by atoms with Gasteiger partial charge in [-0.1, -0.05) is 6.07 Å². The summed E-state index contributed by atoms with van der Waals surface area (Å²) in [6.45, 7) is 0. The van der Waals surface area contributed by atoms with Crippen LogP contribution in [0, 0.1) is 0 Å². The van der Waals surface area contributed by atoms with Gasteiger partial charge in [-0.2, -0.15) is 0 Å². The average molecular weight is 280 g/mol. The van der Waals surface area contributed by atoms with Gasteiger partial charge < -0.3 is 0 Å². The van der Waals surface area contributed by atoms with Crippen LogP contribution >= 0.6 is 11.3 Å². The van der Waals surface area contributed by atoms with Gasteiger partial charge in [-0.05, 0) is 42.5 Å². The molecule has 6 heteroatoms. The number of sulfonamides is 1. The number of benzene rings is 1. The first-order chi connectivity index (χ1) is 8.65. The van der Waals surface area contributed by atoms with E-state index in [1.807, 2.05) is 18.2 Å². The number of nitrogens with one attached hydrogen (secondary N) is 1. The van der Waals surface area contributed by atoms with Crippen LogP contribution < -0.4 is 4.72 Å². The molecule has 0 atom stereocenters. The summed E-state index contributed by atoms with van der Waals surface area (Å²) in [4.78, 5) is 3.79. The van der Waals surface area contributed by atoms with Crippen LogP contribution in [0.3, 0.4) is 0 Å². The molecule has 0 bridgehead atoms. The zero-order valence-electron chi connectivity index (χ0n) is 9.59. The van der Waals surface area contributed by atoms with Crippen molar-refractivity contribution < 1.29 is 8.42 Å². The van der Waals surface area contributed by atoms with Gasteiger partial charge in [0.2, 0.25) is 0 Å². The Hall–Kier alpha value is -1.40. The predicted molar refractivity (Wildman–Crippen MR) is 71.4 cm³/mol. The van der Waals surface area contributed by atoms with Crippen LogP contribution in [0.4, 0.5) is 5.69 Å². The number of rotatable bonds is 3. The summed E-state index contributed by atoms with van der Waals surface area (Å²) in [5.41, 5.74) is 4.72. The number of hydrogen-bond donors (Lipinski definition) is 1. The second-order valence-corrected chi connectivity index (χ2v) is 7.06. The van der Waals surface area contributed by atoms with Gasteiger partial charge in [-0.3, -0.25) is 9.71 Å². The van der Waals surface area contributed by atoms with E-state index in [0.29, 0.717) is 5.69 Å². The van der Waals surface area contributed by atoms with Gasteiger partial charge in [0.25, 0.3) is 10.0 Å². The third-order valence-corrected chi connectivity index (χ3v) is 5.68. The van der Waals surface area contributed by atoms with Gasteiger partial charge in [0.05, 0.1) is 11.7 Å². The highest BCUT2D eigenvalue weighted by molar-refractivity contribution is 7.94. The fourth-order valence-electron chi connectivity index (χ4n) is 2.18. The number of aromatic nitrogens is 1. The number of anilines is 1. The molecule has 4 nitrogen and oxygen atoms in total. The molecule has 1 aliphatic carbocycles. The van der Waals surface area contributed by atoms with Crippen LogP contribution in [0.2, 0.25) is 0 Å². The minimum atomic E-state index is -3.48. The van der Waals surface area contributed by atoms with Crippen molar-refractivity contribution in [3.63, 3.8) is 0 Å². The fourth-order valence-corrected chi connectivity index (χ4v) is 4.02. The molecule has 0 spiro atoms. The lowest BCUT2D eigenvalue weighted by atomic mass is 10.1. The lowest BCUT2D eigenvalue weighted by molar-refractivity contribution is 0.603. The van der Waals surface area contributed by atoms with E-state index in [2.05, 4.69) is 9.71 Å². The van der Waals surface area contributed by atoms with Crippen molar-refractivity contribution in [3.8, 4) is 0 Å². The Kier molecular flexibility index (Phi) is 2.83. The van der Waals surface area contributed by atoms with Crippen molar-refractivity contribution in [1.82, 2.24) is 4.98 Å². The molecule has 0 radical (unpaired) electrons. The van der Waals surface area contributed by atoms with E-state index in [4.69, 9.17) is 0 Å². The molecule has 18 heavy (non-hydrogen) atoms. The zero-order chi connectivity index (χ0) is 12.6. The molecule has 0 aliphatic heterocycles. The van der Waals surface area contributed by atoms with Gasteiger partial charge in [0, 0.05) is 5.69 Å². The maximum absolute atomic E-state index is 12.0. The van der Waals surface area contributed by atoms with Crippen molar-refractivity contribution in [2.24, 2.45) is 0 Å². The summed E-state index contributed by atoms with van der Waals surface area (Å²) in [7, 11) is -3.48. The lowest BCUT2D eigenvalue weighted by Crippen LogP contribution is -2.11. The Balaban J connectivity index is 1.89.